The minimum atomic E-state index is -5.76. The van der Waals surface area contributed by atoms with Crippen LogP contribution in [0.2, 0.25) is 0 Å². The molecule has 0 saturated carbocycles. The Labute approximate surface area is 232 Å². The first-order chi connectivity index (χ1) is 19.1. The molecule has 234 valence electrons. The molecule has 2 aromatic heterocycles. The Morgan fingerprint density at radius 2 is 1.80 bits per heavy atom. The van der Waals surface area contributed by atoms with Gasteiger partial charge in [0.05, 0.1) is 12.9 Å². The van der Waals surface area contributed by atoms with Crippen molar-refractivity contribution in [1.29, 1.82) is 0 Å². The lowest BCUT2D eigenvalue weighted by Gasteiger charge is -2.24. The zero-order chi connectivity index (χ0) is 30.4. The van der Waals surface area contributed by atoms with Crippen molar-refractivity contribution in [3.63, 3.8) is 0 Å². The first-order valence-corrected chi connectivity index (χ1v) is 16.5. The highest BCUT2D eigenvalue weighted by atomic mass is 31.3. The maximum Gasteiger partial charge on any atom is 0.490 e. The lowest BCUT2D eigenvalue weighted by molar-refractivity contribution is -0.0524. The van der Waals surface area contributed by atoms with Crippen molar-refractivity contribution in [1.82, 2.24) is 24.8 Å². The third-order valence-corrected chi connectivity index (χ3v) is 9.78. The highest BCUT2D eigenvalue weighted by molar-refractivity contribution is 7.66. The molecule has 1 aliphatic heterocycles. The first-order valence-electron chi connectivity index (χ1n) is 12.0. The zero-order valence-electron chi connectivity index (χ0n) is 21.4. The van der Waals surface area contributed by atoms with Crippen LogP contribution in [-0.4, -0.2) is 95.2 Å². The standard InChI is InChI=1S/C17H33N8O13P3/c18-4-1-2-5-21-6-3-11(19)36-41(33,38-40(31,32)37-39(28,29)30)34-7-10-13(26)14(27)17(35-10)25-9-24-12-15(20)22-8-23-16(12)25/h8-11,13-14,17,21,26-27H,1-7,18-19H2,(H,31,32)(H2,20,22,23)(H2,28,29,30)/t10-,11?,13-,14-,17-,41?/m1/s1. The van der Waals surface area contributed by atoms with E-state index in [9.17, 15) is 28.8 Å². The van der Waals surface area contributed by atoms with Gasteiger partial charge in [-0.25, -0.2) is 28.6 Å². The smallest absolute Gasteiger partial charge is 0.387 e. The van der Waals surface area contributed by atoms with E-state index in [-0.39, 0.29) is 29.9 Å². The number of phosphoric acid groups is 3. The molecule has 0 aromatic carbocycles. The number of ether oxygens (including phenoxy) is 1. The van der Waals surface area contributed by atoms with Crippen LogP contribution in [0.4, 0.5) is 5.82 Å². The number of anilines is 1. The van der Waals surface area contributed by atoms with Gasteiger partial charge in [0.15, 0.2) is 17.7 Å². The molecule has 0 aliphatic carbocycles. The van der Waals surface area contributed by atoms with Crippen molar-refractivity contribution >= 4 is 40.4 Å². The molecule has 1 aliphatic rings. The van der Waals surface area contributed by atoms with E-state index in [1.807, 2.05) is 0 Å². The number of nitrogens with two attached hydrogens (primary N) is 3. The van der Waals surface area contributed by atoms with Crippen molar-refractivity contribution in [3.8, 4) is 0 Å². The predicted octanol–water partition coefficient (Wildman–Crippen LogP) is -1.60. The summed E-state index contributed by atoms with van der Waals surface area (Å²) in [5.74, 6) is 0.0463. The summed E-state index contributed by atoms with van der Waals surface area (Å²) in [7, 11) is -16.6. The van der Waals surface area contributed by atoms with Crippen LogP contribution in [0.5, 0.6) is 0 Å². The van der Waals surface area contributed by atoms with Crippen molar-refractivity contribution in [2.45, 2.75) is 50.0 Å². The Morgan fingerprint density at radius 3 is 2.49 bits per heavy atom. The van der Waals surface area contributed by atoms with Gasteiger partial charge in [0.25, 0.3) is 0 Å². The van der Waals surface area contributed by atoms with Crippen LogP contribution in [0.15, 0.2) is 12.7 Å². The van der Waals surface area contributed by atoms with E-state index in [4.69, 9.17) is 40.8 Å². The number of imidazole rings is 1. The number of nitrogens with one attached hydrogen (secondary N) is 1. The Hall–Kier alpha value is -1.48. The highest BCUT2D eigenvalue weighted by Gasteiger charge is 2.48. The van der Waals surface area contributed by atoms with Gasteiger partial charge >= 0.3 is 23.5 Å². The molecular weight excluding hydrogens is 617 g/mol. The number of hydrogen-bond acceptors (Lipinski definition) is 17. The normalized spacial score (nSPS) is 25.2. The van der Waals surface area contributed by atoms with E-state index in [1.165, 1.54) is 10.9 Å². The minimum absolute atomic E-state index is 0.0174. The quantitative estimate of drug-likeness (QED) is 0.0528. The molecule has 3 unspecified atom stereocenters. The lowest BCUT2D eigenvalue weighted by atomic mass is 10.1. The van der Waals surface area contributed by atoms with Crippen LogP contribution in [-0.2, 0) is 36.1 Å². The van der Waals surface area contributed by atoms with E-state index in [0.717, 1.165) is 19.2 Å². The highest BCUT2D eigenvalue weighted by Crippen LogP contribution is 2.68. The van der Waals surface area contributed by atoms with E-state index < -0.39 is 60.8 Å². The van der Waals surface area contributed by atoms with Crippen LogP contribution in [0.1, 0.15) is 25.5 Å². The second kappa shape index (κ2) is 14.3. The number of hydrogen-bond donors (Lipinski definition) is 9. The number of nitrogen functional groups attached to an aromatic ring is 1. The van der Waals surface area contributed by atoms with Crippen LogP contribution >= 0.6 is 23.5 Å². The summed E-state index contributed by atoms with van der Waals surface area (Å²) in [5.41, 5.74) is 17.3. The van der Waals surface area contributed by atoms with E-state index in [1.54, 1.807) is 0 Å². The van der Waals surface area contributed by atoms with Gasteiger partial charge < -0.3 is 52.1 Å². The van der Waals surface area contributed by atoms with Crippen LogP contribution in [0.3, 0.4) is 0 Å². The molecule has 21 nitrogen and oxygen atoms in total. The molecule has 0 bridgehead atoms. The molecule has 1 saturated heterocycles. The SMILES string of the molecule is NCCCCNCCC(N)OP(=O)(OC[C@H]1O[C@@H](n2cnc3c(N)ncnc32)[C@H](O)[C@@H]1O)OP(=O)(O)OP(=O)(O)O. The summed E-state index contributed by atoms with van der Waals surface area (Å²) in [6.07, 6.45) is -3.56. The third-order valence-electron chi connectivity index (χ3n) is 5.49. The summed E-state index contributed by atoms with van der Waals surface area (Å²) >= 11 is 0. The second-order valence-corrected chi connectivity index (χ2v) is 13.3. The Balaban J connectivity index is 1.70. The second-order valence-electron chi connectivity index (χ2n) is 8.67. The Bertz CT molecular complexity index is 1300. The molecular formula is C17H33N8O13P3. The molecule has 0 amide bonds. The molecule has 12 N–H and O–H groups in total. The molecule has 2 aromatic rings. The Morgan fingerprint density at radius 1 is 1.07 bits per heavy atom. The first kappa shape index (κ1) is 34.0. The average Bonchev–Trinajstić information content (AvgIpc) is 3.40. The van der Waals surface area contributed by atoms with Crippen molar-refractivity contribution < 1.29 is 61.0 Å². The molecule has 41 heavy (non-hydrogen) atoms. The minimum Gasteiger partial charge on any atom is -0.387 e. The summed E-state index contributed by atoms with van der Waals surface area (Å²) in [5, 5.41) is 24.1. The summed E-state index contributed by atoms with van der Waals surface area (Å²) < 4.78 is 61.5. The molecule has 24 heteroatoms. The van der Waals surface area contributed by atoms with Gasteiger partial charge in [-0.15, -0.1) is 0 Å². The lowest BCUT2D eigenvalue weighted by Crippen LogP contribution is -2.34. The number of aliphatic hydroxyl groups excluding tert-OH is 2. The number of phosphoric ester groups is 1. The molecule has 3 heterocycles. The molecule has 0 radical (unpaired) electrons. The largest absolute Gasteiger partial charge is 0.490 e. The summed E-state index contributed by atoms with van der Waals surface area (Å²) in [4.78, 5) is 39.4. The van der Waals surface area contributed by atoms with Gasteiger partial charge in [-0.1, -0.05) is 0 Å². The van der Waals surface area contributed by atoms with Crippen molar-refractivity contribution in [3.05, 3.63) is 12.7 Å². The van der Waals surface area contributed by atoms with Gasteiger partial charge in [-0.2, -0.15) is 8.62 Å². The number of nitrogens with zero attached hydrogens (tertiary/aromatic N) is 4. The third kappa shape index (κ3) is 9.77. The molecule has 3 rings (SSSR count). The van der Waals surface area contributed by atoms with Crippen LogP contribution in [0.25, 0.3) is 11.2 Å². The van der Waals surface area contributed by atoms with Gasteiger partial charge in [-0.05, 0) is 38.9 Å². The molecule has 0 spiro atoms. The zero-order valence-corrected chi connectivity index (χ0v) is 24.0. The maximum absolute atomic E-state index is 13.3. The summed E-state index contributed by atoms with van der Waals surface area (Å²) in [6, 6.07) is 0. The number of aromatic nitrogens is 4. The fourth-order valence-electron chi connectivity index (χ4n) is 3.65. The maximum atomic E-state index is 13.3. The summed E-state index contributed by atoms with van der Waals surface area (Å²) in [6.45, 7) is 0.448. The van der Waals surface area contributed by atoms with E-state index in [2.05, 4.69) is 28.9 Å². The van der Waals surface area contributed by atoms with Crippen molar-refractivity contribution in [2.24, 2.45) is 11.5 Å². The van der Waals surface area contributed by atoms with Gasteiger partial charge in [0.2, 0.25) is 0 Å². The molecule has 7 atom stereocenters. The van der Waals surface area contributed by atoms with Crippen LogP contribution in [0, 0.1) is 0 Å². The number of unbranched alkanes of at least 4 members (excludes halogenated alkanes) is 1. The fraction of sp³-hybridized carbons (Fsp3) is 0.706. The van der Waals surface area contributed by atoms with E-state index in [0.29, 0.717) is 13.1 Å². The van der Waals surface area contributed by atoms with Crippen LogP contribution < -0.4 is 22.5 Å². The van der Waals surface area contributed by atoms with Crippen molar-refractivity contribution in [2.75, 3.05) is 32.0 Å². The fourth-order valence-corrected chi connectivity index (χ4v) is 7.29. The number of rotatable bonds is 17. The van der Waals surface area contributed by atoms with Gasteiger partial charge in [-0.3, -0.25) is 13.6 Å². The molecule has 1 fully saturated rings. The van der Waals surface area contributed by atoms with Gasteiger partial charge in [0, 0.05) is 0 Å². The predicted molar refractivity (Wildman–Crippen MR) is 138 cm³/mol. The van der Waals surface area contributed by atoms with Gasteiger partial charge in [0.1, 0.15) is 36.4 Å². The van der Waals surface area contributed by atoms with E-state index >= 15 is 0 Å². The number of fused-ring (bicyclic) bond motifs is 1. The Kier molecular flexibility index (Phi) is 11.9. The monoisotopic (exact) mass is 650 g/mol. The topological polar surface area (TPSA) is 332 Å². The average molecular weight is 650 g/mol. The number of aliphatic hydroxyl groups is 2.